The summed E-state index contributed by atoms with van der Waals surface area (Å²) in [5.74, 6) is 0. The first-order chi connectivity index (χ1) is 41.8. The van der Waals surface area contributed by atoms with Crippen LogP contribution in [0.5, 0.6) is 0 Å². The number of halogens is 3. The molecule has 0 saturated heterocycles. The van der Waals surface area contributed by atoms with E-state index in [0.29, 0.717) is 88.1 Å². The molecule has 0 radical (unpaired) electrons. The molecule has 0 aliphatic carbocycles. The van der Waals surface area contributed by atoms with E-state index in [1.807, 2.05) is 18.2 Å². The van der Waals surface area contributed by atoms with Gasteiger partial charge in [-0.05, 0) is 160 Å². The van der Waals surface area contributed by atoms with Crippen LogP contribution in [-0.2, 0) is 6.18 Å². The number of nitriles is 10. The van der Waals surface area contributed by atoms with Crippen LogP contribution in [0.4, 0.5) is 13.2 Å². The van der Waals surface area contributed by atoms with Crippen LogP contribution in [0, 0.1) is 113 Å². The zero-order valence-electron chi connectivity index (χ0n) is 44.2. The largest absolute Gasteiger partial charge is 0.417 e. The van der Waals surface area contributed by atoms with Gasteiger partial charge < -0.3 is 9.13 Å². The van der Waals surface area contributed by atoms with Crippen molar-refractivity contribution in [2.24, 2.45) is 0 Å². The number of benzene rings is 10. The standard InChI is InChI=1S/C71H29F3N12/c72-71(73,74)63-3-1-2-48(34-79)69(63)57-16-21-68(85-64-17-8-44(53-12-4-40(30-75)22-49(53)35-80)26-58(64)59-27-45(9-18-65(59)85)54-13-5-41(31-76)23-50(54)36-81)62(39-84)70(57)86-66-19-10-46(55-14-6-42(32-77)24-51(55)37-82)28-60(66)61-29-47(11-20-67(61)86)56-15-7-43(33-78)25-52(56)38-83/h1-29H. The summed E-state index contributed by atoms with van der Waals surface area (Å²) >= 11 is 0. The first-order valence-electron chi connectivity index (χ1n) is 26.0. The molecule has 10 aromatic carbocycles. The summed E-state index contributed by atoms with van der Waals surface area (Å²) in [6.07, 6.45) is -5.02. The minimum atomic E-state index is -5.02. The van der Waals surface area contributed by atoms with Gasteiger partial charge in [0.25, 0.3) is 0 Å². The summed E-state index contributed by atoms with van der Waals surface area (Å²) in [7, 11) is 0. The number of rotatable bonds is 7. The number of hydrogen-bond acceptors (Lipinski definition) is 10. The highest BCUT2D eigenvalue weighted by Gasteiger charge is 2.37. The summed E-state index contributed by atoms with van der Waals surface area (Å²) in [5.41, 5.74) is 5.64. The van der Waals surface area contributed by atoms with E-state index in [-0.39, 0.29) is 72.6 Å². The first-order valence-corrected chi connectivity index (χ1v) is 26.0. The zero-order chi connectivity index (χ0) is 60.1. The van der Waals surface area contributed by atoms with Crippen molar-refractivity contribution >= 4 is 43.6 Å². The Morgan fingerprint density at radius 1 is 0.302 bits per heavy atom. The predicted molar refractivity (Wildman–Crippen MR) is 314 cm³/mol. The maximum atomic E-state index is 15.6. The van der Waals surface area contributed by atoms with Crippen molar-refractivity contribution in [1.29, 1.82) is 52.6 Å². The minimum absolute atomic E-state index is 0.0541. The molecule has 0 bridgehead atoms. The summed E-state index contributed by atoms with van der Waals surface area (Å²) in [6.45, 7) is 0. The Bertz CT molecular complexity index is 5230. The highest BCUT2D eigenvalue weighted by molar-refractivity contribution is 6.14. The normalized spacial score (nSPS) is 10.8. The first kappa shape index (κ1) is 53.1. The highest BCUT2D eigenvalue weighted by atomic mass is 19.4. The second kappa shape index (κ2) is 20.9. The fourth-order valence-corrected chi connectivity index (χ4v) is 11.5. The molecule has 0 amide bonds. The van der Waals surface area contributed by atoms with E-state index >= 15 is 13.2 Å². The maximum Gasteiger partial charge on any atom is 0.417 e. The molecule has 0 atom stereocenters. The summed E-state index contributed by atoms with van der Waals surface area (Å²) < 4.78 is 50.4. The van der Waals surface area contributed by atoms with Crippen molar-refractivity contribution in [2.75, 3.05) is 0 Å². The van der Waals surface area contributed by atoms with Gasteiger partial charge in [-0.2, -0.15) is 65.8 Å². The Morgan fingerprint density at radius 3 is 0.953 bits per heavy atom. The van der Waals surface area contributed by atoms with Crippen molar-refractivity contribution in [1.82, 2.24) is 9.13 Å². The lowest BCUT2D eigenvalue weighted by atomic mass is 9.90. The topological polar surface area (TPSA) is 248 Å². The van der Waals surface area contributed by atoms with Gasteiger partial charge in [0.15, 0.2) is 0 Å². The smallest absolute Gasteiger partial charge is 0.308 e. The molecule has 0 N–H and O–H groups in total. The van der Waals surface area contributed by atoms with Crippen LogP contribution in [0.1, 0.15) is 61.2 Å². The molecular weight excluding hydrogens is 1080 g/mol. The highest BCUT2D eigenvalue weighted by Crippen LogP contribution is 2.48. The van der Waals surface area contributed by atoms with Crippen molar-refractivity contribution in [2.45, 2.75) is 6.18 Å². The van der Waals surface area contributed by atoms with E-state index in [1.165, 1.54) is 42.5 Å². The van der Waals surface area contributed by atoms with Gasteiger partial charge in [0.1, 0.15) is 11.6 Å². The molecule has 12 rings (SSSR count). The van der Waals surface area contributed by atoms with Crippen LogP contribution >= 0.6 is 0 Å². The lowest BCUT2D eigenvalue weighted by Gasteiger charge is -2.22. The quantitative estimate of drug-likeness (QED) is 0.146. The van der Waals surface area contributed by atoms with Crippen LogP contribution in [-0.4, -0.2) is 9.13 Å². The molecule has 2 heterocycles. The van der Waals surface area contributed by atoms with Crippen LogP contribution in [0.25, 0.3) is 111 Å². The second-order valence-electron chi connectivity index (χ2n) is 19.8. The fourth-order valence-electron chi connectivity index (χ4n) is 11.5. The Labute approximate surface area is 487 Å². The maximum absolute atomic E-state index is 15.6. The molecule has 2 aromatic heterocycles. The molecule has 0 fully saturated rings. The Kier molecular flexibility index (Phi) is 12.9. The van der Waals surface area contributed by atoms with Gasteiger partial charge in [0, 0.05) is 32.7 Å². The molecule has 0 saturated carbocycles. The van der Waals surface area contributed by atoms with Gasteiger partial charge in [0.2, 0.25) is 0 Å². The number of hydrogen-bond donors (Lipinski definition) is 0. The third kappa shape index (κ3) is 8.55. The lowest BCUT2D eigenvalue weighted by molar-refractivity contribution is -0.137. The molecule has 0 spiro atoms. The predicted octanol–water partition coefficient (Wildman–Crippen LogP) is 16.0. The van der Waals surface area contributed by atoms with E-state index in [2.05, 4.69) is 54.6 Å². The molecular formula is C71H29F3N12. The third-order valence-corrected chi connectivity index (χ3v) is 15.3. The van der Waals surface area contributed by atoms with E-state index in [1.54, 1.807) is 118 Å². The van der Waals surface area contributed by atoms with Crippen LogP contribution in [0.2, 0.25) is 0 Å². The molecule has 15 heteroatoms. The molecule has 394 valence electrons. The SMILES string of the molecule is N#Cc1ccc(-c2ccc3c(c2)c2cc(-c4ccc(C#N)cc4C#N)ccc2n3-c2ccc(-c3c(C#N)cccc3C(F)(F)F)c(-n3c4ccc(-c5ccc(C#N)cc5C#N)cc4c4cc(-c5ccc(C#N)cc5C#N)ccc43)c2C#N)c(C#N)c1. The van der Waals surface area contributed by atoms with Crippen LogP contribution in [0.15, 0.2) is 176 Å². The van der Waals surface area contributed by atoms with Gasteiger partial charge >= 0.3 is 6.18 Å². The van der Waals surface area contributed by atoms with E-state index in [0.717, 1.165) is 12.1 Å². The van der Waals surface area contributed by atoms with E-state index in [4.69, 9.17) is 0 Å². The summed E-state index contributed by atoms with van der Waals surface area (Å²) in [5, 5.41) is 105. The Balaban J connectivity index is 1.23. The van der Waals surface area contributed by atoms with E-state index < -0.39 is 17.3 Å². The second-order valence-corrected chi connectivity index (χ2v) is 19.8. The molecule has 0 unspecified atom stereocenters. The molecule has 0 aliphatic rings. The average Bonchev–Trinajstić information content (AvgIpc) is 1.69. The van der Waals surface area contributed by atoms with Crippen LogP contribution < -0.4 is 0 Å². The number of aromatic nitrogens is 2. The number of fused-ring (bicyclic) bond motifs is 6. The van der Waals surface area contributed by atoms with Crippen LogP contribution in [0.3, 0.4) is 0 Å². The van der Waals surface area contributed by atoms with Crippen molar-refractivity contribution in [3.05, 3.63) is 237 Å². The number of nitrogens with zero attached hydrogens (tertiary/aromatic N) is 12. The minimum Gasteiger partial charge on any atom is -0.308 e. The Hall–Kier alpha value is -13.5. The van der Waals surface area contributed by atoms with Gasteiger partial charge in [-0.15, -0.1) is 0 Å². The van der Waals surface area contributed by atoms with Gasteiger partial charge in [0.05, 0.1) is 144 Å². The van der Waals surface area contributed by atoms with Gasteiger partial charge in [-0.3, -0.25) is 0 Å². The van der Waals surface area contributed by atoms with Crippen molar-refractivity contribution < 1.29 is 13.2 Å². The average molecular weight is 1110 g/mol. The fraction of sp³-hybridized carbons (Fsp3) is 0.0141. The Morgan fingerprint density at radius 2 is 0.640 bits per heavy atom. The molecule has 86 heavy (non-hydrogen) atoms. The molecule has 0 aliphatic heterocycles. The molecule has 12 aromatic rings. The van der Waals surface area contributed by atoms with Gasteiger partial charge in [-0.1, -0.05) is 60.7 Å². The van der Waals surface area contributed by atoms with Crippen molar-refractivity contribution in [3.63, 3.8) is 0 Å². The third-order valence-electron chi connectivity index (χ3n) is 15.3. The summed E-state index contributed by atoms with van der Waals surface area (Å²) in [6, 6.07) is 67.8. The lowest BCUT2D eigenvalue weighted by Crippen LogP contribution is -2.11. The van der Waals surface area contributed by atoms with Crippen molar-refractivity contribution in [3.8, 4) is 128 Å². The summed E-state index contributed by atoms with van der Waals surface area (Å²) in [4.78, 5) is 0. The molecule has 12 nitrogen and oxygen atoms in total. The number of alkyl halides is 3. The van der Waals surface area contributed by atoms with E-state index in [9.17, 15) is 52.6 Å². The zero-order valence-corrected chi connectivity index (χ0v) is 44.2. The monoisotopic (exact) mass is 1110 g/mol. The van der Waals surface area contributed by atoms with Gasteiger partial charge in [-0.25, -0.2) is 0 Å².